The van der Waals surface area contributed by atoms with Crippen LogP contribution in [0.25, 0.3) is 11.1 Å². The zero-order valence-corrected chi connectivity index (χ0v) is 22.5. The summed E-state index contributed by atoms with van der Waals surface area (Å²) in [6.07, 6.45) is 1.76. The Hall–Kier alpha value is -2.35. The third-order valence-corrected chi connectivity index (χ3v) is 7.05. The Morgan fingerprint density at radius 2 is 1.85 bits per heavy atom. The number of thiophene rings is 1. The molecule has 0 fully saturated rings. The predicted octanol–water partition coefficient (Wildman–Crippen LogP) is 7.68. The van der Waals surface area contributed by atoms with Crippen LogP contribution in [-0.2, 0) is 16.0 Å². The summed E-state index contributed by atoms with van der Waals surface area (Å²) < 4.78 is 12.0. The minimum atomic E-state index is -0.462. The SMILES string of the molecule is CCOC(=O)c1c(NC(=O)CCCOc2ccc(CC)cc2Br)sc(C)c1-c1ccc(Cl)cc1. The van der Waals surface area contributed by atoms with Gasteiger partial charge in [0.05, 0.1) is 17.7 Å². The van der Waals surface area contributed by atoms with E-state index in [0.717, 1.165) is 32.6 Å². The summed E-state index contributed by atoms with van der Waals surface area (Å²) in [5, 5.41) is 4.01. The molecule has 180 valence electrons. The van der Waals surface area contributed by atoms with Crippen LogP contribution in [-0.4, -0.2) is 25.1 Å². The minimum absolute atomic E-state index is 0.182. The van der Waals surface area contributed by atoms with Crippen LogP contribution in [0.4, 0.5) is 5.00 Å². The molecule has 0 bridgehead atoms. The van der Waals surface area contributed by atoms with Crippen molar-refractivity contribution in [2.75, 3.05) is 18.5 Å². The van der Waals surface area contributed by atoms with E-state index >= 15 is 0 Å². The van der Waals surface area contributed by atoms with Crippen molar-refractivity contribution in [3.8, 4) is 16.9 Å². The number of carbonyl (C=O) groups is 2. The average molecular weight is 565 g/mol. The van der Waals surface area contributed by atoms with Gasteiger partial charge in [0.25, 0.3) is 0 Å². The van der Waals surface area contributed by atoms with Crippen molar-refractivity contribution in [1.82, 2.24) is 0 Å². The fourth-order valence-corrected chi connectivity index (χ4v) is 5.23. The summed E-state index contributed by atoms with van der Waals surface area (Å²) in [4.78, 5) is 26.4. The van der Waals surface area contributed by atoms with Gasteiger partial charge >= 0.3 is 5.97 Å². The number of esters is 1. The summed E-state index contributed by atoms with van der Waals surface area (Å²) in [5.74, 6) is 0.109. The first-order chi connectivity index (χ1) is 16.3. The third-order valence-electron chi connectivity index (χ3n) is 5.16. The first-order valence-corrected chi connectivity index (χ1v) is 13.1. The molecule has 0 aliphatic heterocycles. The fourth-order valence-electron chi connectivity index (χ4n) is 3.48. The maximum atomic E-state index is 12.8. The molecule has 8 heteroatoms. The van der Waals surface area contributed by atoms with Crippen LogP contribution in [0, 0.1) is 6.92 Å². The standard InChI is InChI=1S/C26H27BrClNO4S/c1-4-17-8-13-21(20(27)15-17)33-14-6-7-22(30)29-25-24(26(31)32-5-2)23(16(3)34-25)18-9-11-19(28)12-10-18/h8-13,15H,4-7,14H2,1-3H3,(H,29,30). The number of ether oxygens (including phenoxy) is 2. The molecule has 0 atom stereocenters. The summed E-state index contributed by atoms with van der Waals surface area (Å²) in [7, 11) is 0. The highest BCUT2D eigenvalue weighted by atomic mass is 79.9. The third kappa shape index (κ3) is 6.62. The van der Waals surface area contributed by atoms with Gasteiger partial charge in [0.2, 0.25) is 5.91 Å². The van der Waals surface area contributed by atoms with Crippen LogP contribution in [0.3, 0.4) is 0 Å². The summed E-state index contributed by atoms with van der Waals surface area (Å²) in [6.45, 7) is 6.42. The van der Waals surface area contributed by atoms with Crippen LogP contribution in [0.1, 0.15) is 47.5 Å². The van der Waals surface area contributed by atoms with Gasteiger partial charge in [-0.2, -0.15) is 0 Å². The fraction of sp³-hybridized carbons (Fsp3) is 0.308. The first-order valence-electron chi connectivity index (χ1n) is 11.1. The normalized spacial score (nSPS) is 10.7. The van der Waals surface area contributed by atoms with Gasteiger partial charge < -0.3 is 14.8 Å². The Morgan fingerprint density at radius 1 is 1.12 bits per heavy atom. The summed E-state index contributed by atoms with van der Waals surface area (Å²) in [5.41, 5.74) is 3.19. The van der Waals surface area contributed by atoms with Crippen molar-refractivity contribution in [3.63, 3.8) is 0 Å². The minimum Gasteiger partial charge on any atom is -0.492 e. The molecule has 2 aromatic carbocycles. The van der Waals surface area contributed by atoms with Crippen molar-refractivity contribution >= 4 is 55.7 Å². The van der Waals surface area contributed by atoms with Gasteiger partial charge in [0, 0.05) is 21.9 Å². The highest BCUT2D eigenvalue weighted by Gasteiger charge is 2.25. The van der Waals surface area contributed by atoms with Crippen molar-refractivity contribution in [2.24, 2.45) is 0 Å². The second-order valence-corrected chi connectivity index (χ2v) is 10.1. The molecule has 1 aromatic heterocycles. The second kappa shape index (κ2) is 12.4. The van der Waals surface area contributed by atoms with Gasteiger partial charge in [-0.05, 0) is 78.0 Å². The van der Waals surface area contributed by atoms with Crippen LogP contribution in [0.2, 0.25) is 5.02 Å². The van der Waals surface area contributed by atoms with Crippen molar-refractivity contribution in [2.45, 2.75) is 40.0 Å². The molecule has 0 saturated carbocycles. The molecule has 1 N–H and O–H groups in total. The topological polar surface area (TPSA) is 64.6 Å². The van der Waals surface area contributed by atoms with Gasteiger partial charge in [0.15, 0.2) is 0 Å². The molecule has 1 amide bonds. The Morgan fingerprint density at radius 3 is 2.50 bits per heavy atom. The zero-order valence-electron chi connectivity index (χ0n) is 19.4. The molecule has 0 radical (unpaired) electrons. The van der Waals surface area contributed by atoms with E-state index in [-0.39, 0.29) is 18.9 Å². The molecular formula is C26H27BrClNO4S. The smallest absolute Gasteiger partial charge is 0.341 e. The number of nitrogens with one attached hydrogen (secondary N) is 1. The van der Waals surface area contributed by atoms with Gasteiger partial charge in [0.1, 0.15) is 16.3 Å². The Kier molecular flexibility index (Phi) is 9.56. The van der Waals surface area contributed by atoms with Gasteiger partial charge in [-0.15, -0.1) is 11.3 Å². The molecule has 3 rings (SSSR count). The Labute approximate surface area is 217 Å². The van der Waals surface area contributed by atoms with Crippen molar-refractivity contribution in [1.29, 1.82) is 0 Å². The molecule has 0 aliphatic carbocycles. The van der Waals surface area contributed by atoms with Gasteiger partial charge in [-0.1, -0.05) is 36.7 Å². The van der Waals surface area contributed by atoms with E-state index in [0.29, 0.717) is 28.6 Å². The highest BCUT2D eigenvalue weighted by Crippen LogP contribution is 2.40. The zero-order chi connectivity index (χ0) is 24.7. The number of aryl methyl sites for hydroxylation is 2. The molecule has 3 aromatic rings. The number of hydrogen-bond donors (Lipinski definition) is 1. The molecule has 34 heavy (non-hydrogen) atoms. The number of carbonyl (C=O) groups excluding carboxylic acids is 2. The van der Waals surface area contributed by atoms with E-state index in [1.54, 1.807) is 19.1 Å². The molecule has 0 aliphatic rings. The van der Waals surface area contributed by atoms with Crippen LogP contribution >= 0.6 is 38.9 Å². The Bertz CT molecular complexity index is 1160. The van der Waals surface area contributed by atoms with E-state index in [2.05, 4.69) is 28.2 Å². The maximum Gasteiger partial charge on any atom is 0.341 e. The number of amides is 1. The lowest BCUT2D eigenvalue weighted by atomic mass is 10.0. The van der Waals surface area contributed by atoms with Crippen LogP contribution < -0.4 is 10.1 Å². The average Bonchev–Trinajstić information content (AvgIpc) is 3.13. The second-order valence-electron chi connectivity index (χ2n) is 7.58. The van der Waals surface area contributed by atoms with E-state index in [1.807, 2.05) is 37.3 Å². The number of rotatable bonds is 10. The highest BCUT2D eigenvalue weighted by molar-refractivity contribution is 9.10. The van der Waals surface area contributed by atoms with Gasteiger partial charge in [-0.25, -0.2) is 4.79 Å². The molecule has 0 unspecified atom stereocenters. The summed E-state index contributed by atoms with van der Waals surface area (Å²) in [6, 6.07) is 13.3. The largest absolute Gasteiger partial charge is 0.492 e. The van der Waals surface area contributed by atoms with E-state index < -0.39 is 5.97 Å². The number of benzene rings is 2. The Balaban J connectivity index is 1.68. The van der Waals surface area contributed by atoms with E-state index in [4.69, 9.17) is 21.1 Å². The van der Waals surface area contributed by atoms with Gasteiger partial charge in [-0.3, -0.25) is 4.79 Å². The lowest BCUT2D eigenvalue weighted by Gasteiger charge is -2.10. The predicted molar refractivity (Wildman–Crippen MR) is 142 cm³/mol. The molecule has 1 heterocycles. The molecular weight excluding hydrogens is 538 g/mol. The molecule has 0 saturated heterocycles. The summed E-state index contributed by atoms with van der Waals surface area (Å²) >= 11 is 10.9. The number of hydrogen-bond acceptors (Lipinski definition) is 5. The number of anilines is 1. The van der Waals surface area contributed by atoms with Crippen molar-refractivity contribution in [3.05, 3.63) is 68.0 Å². The van der Waals surface area contributed by atoms with Crippen LogP contribution in [0.5, 0.6) is 5.75 Å². The number of halogens is 2. The quantitative estimate of drug-likeness (QED) is 0.203. The molecule has 5 nitrogen and oxygen atoms in total. The lowest BCUT2D eigenvalue weighted by molar-refractivity contribution is -0.116. The lowest BCUT2D eigenvalue weighted by Crippen LogP contribution is -2.15. The van der Waals surface area contributed by atoms with Crippen molar-refractivity contribution < 1.29 is 19.1 Å². The maximum absolute atomic E-state index is 12.8. The monoisotopic (exact) mass is 563 g/mol. The van der Waals surface area contributed by atoms with E-state index in [9.17, 15) is 9.59 Å². The van der Waals surface area contributed by atoms with E-state index in [1.165, 1.54) is 16.9 Å². The van der Waals surface area contributed by atoms with Crippen LogP contribution in [0.15, 0.2) is 46.9 Å². The first kappa shape index (κ1) is 26.3. The molecule has 0 spiro atoms.